The van der Waals surface area contributed by atoms with Gasteiger partial charge in [0.1, 0.15) is 11.2 Å². The van der Waals surface area contributed by atoms with Crippen LogP contribution >= 0.6 is 0 Å². The molecule has 0 spiro atoms. The van der Waals surface area contributed by atoms with Crippen molar-refractivity contribution in [2.24, 2.45) is 0 Å². The highest BCUT2D eigenvalue weighted by atomic mass is 32.2. The number of sulfonamides is 1. The number of aliphatic carboxylic acids is 1. The Kier molecular flexibility index (Phi) is 6.40. The number of rotatable bonds is 9. The largest absolute Gasteiger partial charge is 0.481 e. The quantitative estimate of drug-likeness (QED) is 0.592. The van der Waals surface area contributed by atoms with Gasteiger partial charge in [0.15, 0.2) is 5.76 Å². The Labute approximate surface area is 157 Å². The molecule has 0 aliphatic heterocycles. The summed E-state index contributed by atoms with van der Waals surface area (Å²) >= 11 is 0. The maximum Gasteiger partial charge on any atom is 0.315 e. The van der Waals surface area contributed by atoms with Crippen LogP contribution in [0.4, 0.5) is 0 Å². The molecule has 1 amide bonds. The number of carbonyl (C=O) groups is 2. The minimum atomic E-state index is -3.38. The zero-order chi connectivity index (χ0) is 20.1. The van der Waals surface area contributed by atoms with Gasteiger partial charge in [-0.2, -0.15) is 0 Å². The van der Waals surface area contributed by atoms with Crippen LogP contribution in [0.5, 0.6) is 0 Å². The summed E-state index contributed by atoms with van der Waals surface area (Å²) in [6.07, 6.45) is 1.30. The standard InChI is InChI=1S/C18H22N2O6S/c1-3-18(17(22)23,13-7-5-4-6-8-13)12-19-16(21)15-10-9-14(26-15)11-20-27(2,24)25/h4-10,20H,3,11-12H2,1-2H3,(H,19,21)(H,22,23). The molecule has 0 saturated heterocycles. The van der Waals surface area contributed by atoms with E-state index in [9.17, 15) is 23.1 Å². The molecule has 2 rings (SSSR count). The smallest absolute Gasteiger partial charge is 0.315 e. The fraction of sp³-hybridized carbons (Fsp3) is 0.333. The summed E-state index contributed by atoms with van der Waals surface area (Å²) < 4.78 is 29.8. The van der Waals surface area contributed by atoms with E-state index < -0.39 is 27.3 Å². The summed E-state index contributed by atoms with van der Waals surface area (Å²) in [6, 6.07) is 11.6. The van der Waals surface area contributed by atoms with E-state index in [4.69, 9.17) is 4.42 Å². The fourth-order valence-corrected chi connectivity index (χ4v) is 3.06. The maximum atomic E-state index is 12.3. The van der Waals surface area contributed by atoms with Gasteiger partial charge in [-0.3, -0.25) is 9.59 Å². The topological polar surface area (TPSA) is 126 Å². The zero-order valence-electron chi connectivity index (χ0n) is 15.1. The summed E-state index contributed by atoms with van der Waals surface area (Å²) in [6.45, 7) is 1.55. The van der Waals surface area contributed by atoms with E-state index in [1.165, 1.54) is 12.1 Å². The summed E-state index contributed by atoms with van der Waals surface area (Å²) in [5, 5.41) is 12.4. The first-order valence-electron chi connectivity index (χ1n) is 8.28. The number of carboxylic acids is 1. The van der Waals surface area contributed by atoms with Gasteiger partial charge in [-0.25, -0.2) is 13.1 Å². The first-order valence-corrected chi connectivity index (χ1v) is 10.2. The Morgan fingerprint density at radius 1 is 1.15 bits per heavy atom. The Balaban J connectivity index is 2.10. The lowest BCUT2D eigenvalue weighted by Crippen LogP contribution is -2.46. The Morgan fingerprint density at radius 2 is 1.81 bits per heavy atom. The van der Waals surface area contributed by atoms with Crippen molar-refractivity contribution < 1.29 is 27.5 Å². The molecular weight excluding hydrogens is 372 g/mol. The third-order valence-corrected chi connectivity index (χ3v) is 4.95. The van der Waals surface area contributed by atoms with Crippen LogP contribution in [0.25, 0.3) is 0 Å². The molecule has 9 heteroatoms. The second-order valence-electron chi connectivity index (χ2n) is 6.15. The molecule has 1 unspecified atom stereocenters. The zero-order valence-corrected chi connectivity index (χ0v) is 15.9. The minimum Gasteiger partial charge on any atom is -0.481 e. The third-order valence-electron chi connectivity index (χ3n) is 4.28. The molecule has 1 aromatic heterocycles. The molecule has 8 nitrogen and oxygen atoms in total. The van der Waals surface area contributed by atoms with E-state index in [-0.39, 0.29) is 31.0 Å². The number of benzene rings is 1. The molecule has 0 aliphatic carbocycles. The second kappa shape index (κ2) is 8.36. The van der Waals surface area contributed by atoms with Gasteiger partial charge < -0.3 is 14.8 Å². The second-order valence-corrected chi connectivity index (χ2v) is 7.98. The molecule has 146 valence electrons. The lowest BCUT2D eigenvalue weighted by Gasteiger charge is -2.28. The van der Waals surface area contributed by atoms with Crippen molar-refractivity contribution in [3.8, 4) is 0 Å². The lowest BCUT2D eigenvalue weighted by molar-refractivity contribution is -0.143. The highest BCUT2D eigenvalue weighted by Gasteiger charge is 2.39. The van der Waals surface area contributed by atoms with Crippen LogP contribution < -0.4 is 10.0 Å². The summed E-state index contributed by atoms with van der Waals surface area (Å²) in [5.41, 5.74) is -0.665. The molecule has 0 radical (unpaired) electrons. The molecule has 0 aliphatic rings. The summed E-state index contributed by atoms with van der Waals surface area (Å²) in [5.74, 6) is -1.36. The molecular formula is C18H22N2O6S. The van der Waals surface area contributed by atoms with Crippen molar-refractivity contribution >= 4 is 21.9 Å². The SMILES string of the molecule is CCC(CNC(=O)c1ccc(CNS(C)(=O)=O)o1)(C(=O)O)c1ccccc1. The third kappa shape index (κ3) is 5.18. The molecule has 0 bridgehead atoms. The fourth-order valence-electron chi connectivity index (χ4n) is 2.65. The lowest BCUT2D eigenvalue weighted by atomic mass is 9.78. The average Bonchev–Trinajstić information content (AvgIpc) is 3.10. The molecule has 0 fully saturated rings. The number of hydrogen-bond donors (Lipinski definition) is 3. The van der Waals surface area contributed by atoms with E-state index in [0.29, 0.717) is 5.56 Å². The Morgan fingerprint density at radius 3 is 2.37 bits per heavy atom. The van der Waals surface area contributed by atoms with Gasteiger partial charge in [-0.05, 0) is 24.1 Å². The molecule has 1 atom stereocenters. The van der Waals surface area contributed by atoms with Crippen LogP contribution in [0.3, 0.4) is 0 Å². The van der Waals surface area contributed by atoms with Crippen LogP contribution in [0.15, 0.2) is 46.9 Å². The van der Waals surface area contributed by atoms with Crippen LogP contribution in [-0.2, 0) is 26.8 Å². The van der Waals surface area contributed by atoms with Crippen LogP contribution in [0, 0.1) is 0 Å². The van der Waals surface area contributed by atoms with E-state index in [2.05, 4.69) is 10.0 Å². The van der Waals surface area contributed by atoms with Crippen molar-refractivity contribution in [3.63, 3.8) is 0 Å². The van der Waals surface area contributed by atoms with E-state index >= 15 is 0 Å². The molecule has 1 aromatic carbocycles. The van der Waals surface area contributed by atoms with Gasteiger partial charge in [0.2, 0.25) is 10.0 Å². The van der Waals surface area contributed by atoms with Crippen molar-refractivity contribution in [2.75, 3.05) is 12.8 Å². The van der Waals surface area contributed by atoms with E-state index in [1.54, 1.807) is 37.3 Å². The average molecular weight is 394 g/mol. The first-order chi connectivity index (χ1) is 12.7. The van der Waals surface area contributed by atoms with Gasteiger partial charge in [0.05, 0.1) is 12.8 Å². The van der Waals surface area contributed by atoms with Crippen molar-refractivity contribution in [1.29, 1.82) is 0 Å². The van der Waals surface area contributed by atoms with Crippen molar-refractivity contribution in [3.05, 3.63) is 59.5 Å². The predicted molar refractivity (Wildman–Crippen MR) is 98.8 cm³/mol. The molecule has 27 heavy (non-hydrogen) atoms. The summed E-state index contributed by atoms with van der Waals surface area (Å²) in [7, 11) is -3.38. The molecule has 1 heterocycles. The predicted octanol–water partition coefficient (Wildman–Crippen LogP) is 1.49. The van der Waals surface area contributed by atoms with Crippen molar-refractivity contribution in [2.45, 2.75) is 25.3 Å². The number of nitrogens with one attached hydrogen (secondary N) is 2. The van der Waals surface area contributed by atoms with Gasteiger partial charge in [0.25, 0.3) is 5.91 Å². The highest BCUT2D eigenvalue weighted by Crippen LogP contribution is 2.28. The highest BCUT2D eigenvalue weighted by molar-refractivity contribution is 7.88. The van der Waals surface area contributed by atoms with Crippen LogP contribution in [-0.4, -0.2) is 38.2 Å². The van der Waals surface area contributed by atoms with Gasteiger partial charge in [-0.1, -0.05) is 37.3 Å². The van der Waals surface area contributed by atoms with E-state index in [1.807, 2.05) is 0 Å². The minimum absolute atomic E-state index is 0.0243. The van der Waals surface area contributed by atoms with Gasteiger partial charge >= 0.3 is 5.97 Å². The first kappa shape index (κ1) is 20.7. The monoisotopic (exact) mass is 394 g/mol. The molecule has 0 saturated carbocycles. The molecule has 3 N–H and O–H groups in total. The number of furan rings is 1. The number of hydrogen-bond acceptors (Lipinski definition) is 5. The van der Waals surface area contributed by atoms with Gasteiger partial charge in [-0.15, -0.1) is 0 Å². The normalized spacial score (nSPS) is 13.7. The van der Waals surface area contributed by atoms with Crippen molar-refractivity contribution in [1.82, 2.24) is 10.0 Å². The summed E-state index contributed by atoms with van der Waals surface area (Å²) in [4.78, 5) is 24.3. The molecule has 2 aromatic rings. The van der Waals surface area contributed by atoms with Crippen LogP contribution in [0.1, 0.15) is 35.2 Å². The number of carbonyl (C=O) groups excluding carboxylic acids is 1. The maximum absolute atomic E-state index is 12.3. The van der Waals surface area contributed by atoms with Crippen LogP contribution in [0.2, 0.25) is 0 Å². The van der Waals surface area contributed by atoms with Gasteiger partial charge in [0, 0.05) is 6.54 Å². The Hall–Kier alpha value is -2.65. The Bertz CT molecular complexity index is 907. The van der Waals surface area contributed by atoms with E-state index in [0.717, 1.165) is 6.26 Å². The number of carboxylic acid groups (broad SMARTS) is 1. The number of amides is 1.